The Labute approximate surface area is 162 Å². The molecule has 0 aromatic rings. The van der Waals surface area contributed by atoms with Gasteiger partial charge in [-0.3, -0.25) is 9.59 Å². The monoisotopic (exact) mass is 372 g/mol. The molecule has 3 saturated carbocycles. The Balaban J connectivity index is 1.43. The molecular formula is C23H32O4. The number of hydrogen-bond donors (Lipinski definition) is 0. The highest BCUT2D eigenvalue weighted by atomic mass is 16.6. The third kappa shape index (κ3) is 2.19. The second-order valence-electron chi connectivity index (χ2n) is 10.4. The Morgan fingerprint density at radius 3 is 2.63 bits per heavy atom. The van der Waals surface area contributed by atoms with Gasteiger partial charge in [0.15, 0.2) is 5.78 Å². The molecule has 27 heavy (non-hydrogen) atoms. The lowest BCUT2D eigenvalue weighted by molar-refractivity contribution is -0.156. The Morgan fingerprint density at radius 2 is 1.93 bits per heavy atom. The molecule has 1 aliphatic heterocycles. The predicted octanol–water partition coefficient (Wildman–Crippen LogP) is 4.22. The fraction of sp³-hybridized carbons (Fsp3) is 0.826. The number of rotatable bonds is 2. The molecular weight excluding hydrogens is 340 g/mol. The van der Waals surface area contributed by atoms with Crippen molar-refractivity contribution < 1.29 is 19.1 Å². The van der Waals surface area contributed by atoms with Crippen LogP contribution in [0, 0.1) is 28.6 Å². The van der Waals surface area contributed by atoms with Crippen molar-refractivity contribution in [2.45, 2.75) is 90.4 Å². The van der Waals surface area contributed by atoms with Crippen molar-refractivity contribution in [1.82, 2.24) is 0 Å². The normalized spacial score (nSPS) is 52.6. The zero-order valence-electron chi connectivity index (χ0n) is 17.0. The molecule has 0 radical (unpaired) electrons. The van der Waals surface area contributed by atoms with Crippen molar-refractivity contribution in [1.29, 1.82) is 0 Å². The molecule has 1 heterocycles. The maximum absolute atomic E-state index is 12.2. The van der Waals surface area contributed by atoms with Crippen molar-refractivity contribution in [3.05, 3.63) is 11.6 Å². The van der Waals surface area contributed by atoms with Crippen LogP contribution in [-0.2, 0) is 19.1 Å². The van der Waals surface area contributed by atoms with Gasteiger partial charge in [0.1, 0.15) is 11.7 Å². The van der Waals surface area contributed by atoms with E-state index in [0.717, 1.165) is 44.1 Å². The second kappa shape index (κ2) is 5.46. The van der Waals surface area contributed by atoms with Gasteiger partial charge < -0.3 is 9.47 Å². The molecule has 0 N–H and O–H groups in total. The lowest BCUT2D eigenvalue weighted by Gasteiger charge is -2.59. The lowest BCUT2D eigenvalue weighted by atomic mass is 9.44. The molecule has 4 nitrogen and oxygen atoms in total. The van der Waals surface area contributed by atoms with Crippen molar-refractivity contribution in [2.75, 3.05) is 0 Å². The largest absolute Gasteiger partial charge is 0.462 e. The van der Waals surface area contributed by atoms with Crippen LogP contribution in [0.4, 0.5) is 0 Å². The van der Waals surface area contributed by atoms with E-state index >= 15 is 0 Å². The summed E-state index contributed by atoms with van der Waals surface area (Å²) in [7, 11) is 0. The van der Waals surface area contributed by atoms with Crippen LogP contribution in [0.5, 0.6) is 0 Å². The molecule has 0 bridgehead atoms. The molecule has 4 heteroatoms. The molecule has 1 saturated heterocycles. The van der Waals surface area contributed by atoms with Crippen LogP contribution in [-0.4, -0.2) is 29.6 Å². The summed E-state index contributed by atoms with van der Waals surface area (Å²) in [4.78, 5) is 23.7. The quantitative estimate of drug-likeness (QED) is 0.538. The number of allylic oxidation sites excluding steroid dienone is 2. The highest BCUT2D eigenvalue weighted by molar-refractivity contribution is 5.95. The zero-order chi connectivity index (χ0) is 19.2. The van der Waals surface area contributed by atoms with E-state index in [1.807, 2.05) is 0 Å². The number of epoxide rings is 1. The van der Waals surface area contributed by atoms with Crippen molar-refractivity contribution in [2.24, 2.45) is 28.6 Å². The number of Topliss-reactive ketones (excluding diaryl/α,β-unsaturated/α-hetero) is 1. The number of carbonyl (C=O) groups excluding carboxylic acids is 2. The summed E-state index contributed by atoms with van der Waals surface area (Å²) in [6, 6.07) is 0. The smallest absolute Gasteiger partial charge is 0.302 e. The molecule has 4 fully saturated rings. The Hall–Kier alpha value is -1.16. The van der Waals surface area contributed by atoms with Crippen LogP contribution >= 0.6 is 0 Å². The van der Waals surface area contributed by atoms with Gasteiger partial charge >= 0.3 is 5.97 Å². The molecule has 5 rings (SSSR count). The van der Waals surface area contributed by atoms with Gasteiger partial charge in [0, 0.05) is 18.8 Å². The van der Waals surface area contributed by atoms with Gasteiger partial charge in [-0.2, -0.15) is 0 Å². The molecule has 0 aromatic heterocycles. The Bertz CT molecular complexity index is 741. The fourth-order valence-corrected chi connectivity index (χ4v) is 8.09. The first kappa shape index (κ1) is 17.9. The maximum Gasteiger partial charge on any atom is 0.302 e. The van der Waals surface area contributed by atoms with E-state index in [1.165, 1.54) is 13.3 Å². The molecule has 8 atom stereocenters. The summed E-state index contributed by atoms with van der Waals surface area (Å²) < 4.78 is 12.0. The maximum atomic E-state index is 12.2. The molecule has 0 unspecified atom stereocenters. The van der Waals surface area contributed by atoms with Gasteiger partial charge in [0.2, 0.25) is 0 Å². The second-order valence-corrected chi connectivity index (χ2v) is 10.4. The van der Waals surface area contributed by atoms with E-state index < -0.39 is 0 Å². The first-order valence-electron chi connectivity index (χ1n) is 10.8. The number of ether oxygens (including phenoxy) is 2. The van der Waals surface area contributed by atoms with Crippen molar-refractivity contribution >= 4 is 11.8 Å². The van der Waals surface area contributed by atoms with Crippen molar-refractivity contribution in [3.8, 4) is 0 Å². The fourth-order valence-electron chi connectivity index (χ4n) is 8.09. The number of ketones is 1. The van der Waals surface area contributed by atoms with Crippen LogP contribution in [0.15, 0.2) is 11.6 Å². The van der Waals surface area contributed by atoms with Crippen LogP contribution in [0.2, 0.25) is 0 Å². The van der Waals surface area contributed by atoms with Gasteiger partial charge in [-0.15, -0.1) is 0 Å². The number of hydrogen-bond acceptors (Lipinski definition) is 4. The minimum absolute atomic E-state index is 0.0171. The molecule has 0 amide bonds. The summed E-state index contributed by atoms with van der Waals surface area (Å²) in [5.74, 6) is 1.98. The van der Waals surface area contributed by atoms with Gasteiger partial charge in [-0.1, -0.05) is 19.9 Å². The summed E-state index contributed by atoms with van der Waals surface area (Å²) in [5, 5.41) is 0. The minimum Gasteiger partial charge on any atom is -0.462 e. The Morgan fingerprint density at radius 1 is 1.15 bits per heavy atom. The molecule has 4 aliphatic carbocycles. The number of esters is 1. The summed E-state index contributed by atoms with van der Waals surface area (Å²) >= 11 is 0. The number of fused-ring (bicyclic) bond motifs is 4. The van der Waals surface area contributed by atoms with E-state index in [-0.39, 0.29) is 34.3 Å². The SMILES string of the molecule is CC(=O)O[C@H]1CC[C@]2(C)[C@@H]3CC[C@@]4(C)C(C(C)=O)=CC[C@@H]4[C@H]3C[C@@H]3O[C@@]32C1. The summed E-state index contributed by atoms with van der Waals surface area (Å²) in [6.45, 7) is 8.03. The highest BCUT2D eigenvalue weighted by Gasteiger charge is 2.76. The van der Waals surface area contributed by atoms with Crippen molar-refractivity contribution in [3.63, 3.8) is 0 Å². The van der Waals surface area contributed by atoms with Gasteiger partial charge in [-0.05, 0) is 74.2 Å². The lowest BCUT2D eigenvalue weighted by Crippen LogP contribution is -2.58. The van der Waals surface area contributed by atoms with Crippen LogP contribution < -0.4 is 0 Å². The van der Waals surface area contributed by atoms with Crippen LogP contribution in [0.25, 0.3) is 0 Å². The van der Waals surface area contributed by atoms with Gasteiger partial charge in [-0.25, -0.2) is 0 Å². The first-order valence-corrected chi connectivity index (χ1v) is 10.8. The van der Waals surface area contributed by atoms with E-state index in [4.69, 9.17) is 9.47 Å². The van der Waals surface area contributed by atoms with E-state index in [1.54, 1.807) is 6.92 Å². The number of carbonyl (C=O) groups is 2. The average molecular weight is 373 g/mol. The molecule has 5 aliphatic rings. The first-order chi connectivity index (χ1) is 12.7. The topological polar surface area (TPSA) is 55.9 Å². The third-order valence-corrected chi connectivity index (χ3v) is 9.33. The third-order valence-electron chi connectivity index (χ3n) is 9.33. The highest BCUT2D eigenvalue weighted by Crippen LogP contribution is 2.73. The van der Waals surface area contributed by atoms with E-state index in [9.17, 15) is 9.59 Å². The summed E-state index contributed by atoms with van der Waals surface area (Å²) in [6.07, 6.45) is 9.96. The molecule has 148 valence electrons. The van der Waals surface area contributed by atoms with E-state index in [2.05, 4.69) is 19.9 Å². The van der Waals surface area contributed by atoms with Crippen LogP contribution in [0.3, 0.4) is 0 Å². The Kier molecular flexibility index (Phi) is 3.62. The van der Waals surface area contributed by atoms with E-state index in [0.29, 0.717) is 23.9 Å². The predicted molar refractivity (Wildman–Crippen MR) is 101 cm³/mol. The van der Waals surface area contributed by atoms with Crippen LogP contribution in [0.1, 0.15) is 72.6 Å². The minimum atomic E-state index is -0.173. The van der Waals surface area contributed by atoms with Gasteiger partial charge in [0.05, 0.1) is 6.10 Å². The zero-order valence-corrected chi connectivity index (χ0v) is 17.0. The average Bonchev–Trinajstić information content (AvgIpc) is 3.15. The molecule has 0 aromatic carbocycles. The van der Waals surface area contributed by atoms with Gasteiger partial charge in [0.25, 0.3) is 0 Å². The standard InChI is InChI=1S/C23H32O4/c1-13(24)17-5-6-18-16-11-20-23(27-20)12-15(26-14(2)25)7-10-22(23,4)19(16)8-9-21(17,18)3/h5,15-16,18-20H,6-12H2,1-4H3/t15-,16+,18+,19+,20-,21-,22+,23-/m0/s1. The summed E-state index contributed by atoms with van der Waals surface area (Å²) in [5.41, 5.74) is 1.25. The molecule has 1 spiro atoms.